The molecule has 0 radical (unpaired) electrons. The molecule has 3 aromatic rings. The summed E-state index contributed by atoms with van der Waals surface area (Å²) < 4.78 is 65.9. The van der Waals surface area contributed by atoms with Crippen molar-refractivity contribution in [2.45, 2.75) is 45.0 Å². The highest BCUT2D eigenvalue weighted by Gasteiger charge is 2.36. The van der Waals surface area contributed by atoms with E-state index in [1.54, 1.807) is 32.0 Å². The van der Waals surface area contributed by atoms with Crippen molar-refractivity contribution in [2.75, 3.05) is 13.2 Å². The fourth-order valence-electron chi connectivity index (χ4n) is 4.32. The number of alkyl halides is 3. The van der Waals surface area contributed by atoms with Crippen LogP contribution in [0.1, 0.15) is 46.9 Å². The highest BCUT2D eigenvalue weighted by molar-refractivity contribution is 5.32. The van der Waals surface area contributed by atoms with Crippen molar-refractivity contribution in [3.05, 3.63) is 106 Å². The van der Waals surface area contributed by atoms with Gasteiger partial charge >= 0.3 is 6.18 Å². The molecular weight excluding hydrogens is 446 g/mol. The molecule has 1 aliphatic heterocycles. The summed E-state index contributed by atoms with van der Waals surface area (Å²) in [5, 5.41) is 0. The first-order chi connectivity index (χ1) is 16.2. The van der Waals surface area contributed by atoms with E-state index in [1.165, 1.54) is 12.1 Å². The Balaban J connectivity index is 1.62. The molecule has 0 amide bonds. The molecule has 0 saturated carbocycles. The van der Waals surface area contributed by atoms with E-state index in [2.05, 4.69) is 4.90 Å². The van der Waals surface area contributed by atoms with E-state index < -0.39 is 24.1 Å². The van der Waals surface area contributed by atoms with Crippen LogP contribution in [-0.4, -0.2) is 24.3 Å². The van der Waals surface area contributed by atoms with Crippen LogP contribution in [0.4, 0.5) is 17.6 Å². The number of aryl methyl sites for hydroxylation is 1. The Morgan fingerprint density at radius 3 is 2.41 bits per heavy atom. The van der Waals surface area contributed by atoms with Gasteiger partial charge < -0.3 is 9.47 Å². The number of hydrogen-bond acceptors (Lipinski definition) is 3. The standard InChI is InChI=1S/C27H27F4NO2/c1-18-14-22(16-23(15-18)27(29,30)31)19(2)34-26-25(21-8-10-24(28)11-9-21)32(12-13-33-26)17-20-6-4-3-5-7-20/h3-11,14-16,19,25-26H,12-13,17H2,1-2H3/t19-,25+,26+/m1/s1. The van der Waals surface area contributed by atoms with Gasteiger partial charge in [0.05, 0.1) is 24.3 Å². The zero-order chi connectivity index (χ0) is 24.3. The largest absolute Gasteiger partial charge is 0.416 e. The molecule has 1 fully saturated rings. The van der Waals surface area contributed by atoms with Crippen LogP contribution in [0.15, 0.2) is 72.8 Å². The third-order valence-electron chi connectivity index (χ3n) is 5.99. The maximum absolute atomic E-state index is 13.6. The first kappa shape index (κ1) is 24.4. The Labute approximate surface area is 196 Å². The van der Waals surface area contributed by atoms with E-state index in [9.17, 15) is 17.6 Å². The Morgan fingerprint density at radius 1 is 1.03 bits per heavy atom. The Morgan fingerprint density at radius 2 is 1.74 bits per heavy atom. The van der Waals surface area contributed by atoms with E-state index in [0.717, 1.165) is 23.3 Å². The lowest BCUT2D eigenvalue weighted by molar-refractivity contribution is -0.231. The Bertz CT molecular complexity index is 1090. The molecule has 1 heterocycles. The second-order valence-corrected chi connectivity index (χ2v) is 8.60. The summed E-state index contributed by atoms with van der Waals surface area (Å²) in [6.45, 7) is 5.02. The van der Waals surface area contributed by atoms with Crippen LogP contribution in [-0.2, 0) is 22.2 Å². The topological polar surface area (TPSA) is 21.7 Å². The molecule has 7 heteroatoms. The lowest BCUT2D eigenvalue weighted by Gasteiger charge is -2.42. The van der Waals surface area contributed by atoms with Gasteiger partial charge in [-0.3, -0.25) is 4.90 Å². The van der Waals surface area contributed by atoms with Gasteiger partial charge in [-0.15, -0.1) is 0 Å². The predicted molar refractivity (Wildman–Crippen MR) is 121 cm³/mol. The summed E-state index contributed by atoms with van der Waals surface area (Å²) >= 11 is 0. The molecule has 0 bridgehead atoms. The maximum atomic E-state index is 13.6. The van der Waals surface area contributed by atoms with Crippen LogP contribution in [0.25, 0.3) is 0 Å². The highest BCUT2D eigenvalue weighted by atomic mass is 19.4. The molecule has 0 unspecified atom stereocenters. The first-order valence-corrected chi connectivity index (χ1v) is 11.2. The number of nitrogens with zero attached hydrogens (tertiary/aromatic N) is 1. The van der Waals surface area contributed by atoms with Gasteiger partial charge in [0, 0.05) is 13.1 Å². The van der Waals surface area contributed by atoms with Crippen LogP contribution in [0, 0.1) is 12.7 Å². The van der Waals surface area contributed by atoms with Crippen LogP contribution in [0.3, 0.4) is 0 Å². The molecule has 1 saturated heterocycles. The Hall–Kier alpha value is -2.74. The lowest BCUT2D eigenvalue weighted by Crippen LogP contribution is -2.46. The molecule has 0 aliphatic carbocycles. The quantitative estimate of drug-likeness (QED) is 0.366. The number of hydrogen-bond donors (Lipinski definition) is 0. The van der Waals surface area contributed by atoms with Crippen molar-refractivity contribution in [1.29, 1.82) is 0 Å². The SMILES string of the molecule is Cc1cc([C@@H](C)O[C@@H]2OCCN(Cc3ccccc3)[C@H]2c2ccc(F)cc2)cc(C(F)(F)F)c1. The van der Waals surface area contributed by atoms with E-state index in [-0.39, 0.29) is 11.9 Å². The van der Waals surface area contributed by atoms with Crippen molar-refractivity contribution >= 4 is 0 Å². The smallest absolute Gasteiger partial charge is 0.349 e. The summed E-state index contributed by atoms with van der Waals surface area (Å²) in [6, 6.07) is 19.7. The minimum atomic E-state index is -4.44. The summed E-state index contributed by atoms with van der Waals surface area (Å²) in [5.74, 6) is -0.347. The predicted octanol–water partition coefficient (Wildman–Crippen LogP) is 6.83. The molecule has 0 spiro atoms. The molecule has 0 aromatic heterocycles. The minimum Gasteiger partial charge on any atom is -0.349 e. The average molecular weight is 474 g/mol. The molecule has 180 valence electrons. The first-order valence-electron chi connectivity index (χ1n) is 11.2. The summed E-state index contributed by atoms with van der Waals surface area (Å²) in [4.78, 5) is 2.20. The zero-order valence-corrected chi connectivity index (χ0v) is 19.1. The van der Waals surface area contributed by atoms with Gasteiger partial charge in [0.1, 0.15) is 5.82 Å². The highest BCUT2D eigenvalue weighted by Crippen LogP contribution is 2.37. The van der Waals surface area contributed by atoms with E-state index >= 15 is 0 Å². The van der Waals surface area contributed by atoms with Crippen molar-refractivity contribution in [2.24, 2.45) is 0 Å². The van der Waals surface area contributed by atoms with Gasteiger partial charge in [-0.05, 0) is 54.8 Å². The zero-order valence-electron chi connectivity index (χ0n) is 19.1. The van der Waals surface area contributed by atoms with Crippen molar-refractivity contribution in [3.63, 3.8) is 0 Å². The fourth-order valence-corrected chi connectivity index (χ4v) is 4.32. The number of ether oxygens (including phenoxy) is 2. The molecule has 4 rings (SSSR count). The number of benzene rings is 3. The van der Waals surface area contributed by atoms with Crippen LogP contribution in [0.5, 0.6) is 0 Å². The number of halogens is 4. The molecule has 1 aliphatic rings. The van der Waals surface area contributed by atoms with E-state index in [0.29, 0.717) is 30.8 Å². The molecule has 3 atom stereocenters. The monoisotopic (exact) mass is 473 g/mol. The molecule has 34 heavy (non-hydrogen) atoms. The average Bonchev–Trinajstić information content (AvgIpc) is 2.80. The molecule has 3 aromatic carbocycles. The van der Waals surface area contributed by atoms with Crippen molar-refractivity contribution < 1.29 is 27.0 Å². The molecule has 0 N–H and O–H groups in total. The van der Waals surface area contributed by atoms with E-state index in [4.69, 9.17) is 9.47 Å². The van der Waals surface area contributed by atoms with Gasteiger partial charge in [0.15, 0.2) is 6.29 Å². The van der Waals surface area contributed by atoms with Crippen LogP contribution >= 0.6 is 0 Å². The molecule has 3 nitrogen and oxygen atoms in total. The summed E-state index contributed by atoms with van der Waals surface area (Å²) in [5.41, 5.74) is 2.15. The second kappa shape index (κ2) is 10.3. The van der Waals surface area contributed by atoms with Crippen LogP contribution in [0.2, 0.25) is 0 Å². The Kier molecular flexibility index (Phi) is 7.36. The number of rotatable bonds is 6. The lowest BCUT2D eigenvalue weighted by atomic mass is 10.0. The van der Waals surface area contributed by atoms with Gasteiger partial charge in [0.2, 0.25) is 0 Å². The van der Waals surface area contributed by atoms with Crippen LogP contribution < -0.4 is 0 Å². The normalized spacial score (nSPS) is 20.3. The molecular formula is C27H27F4NO2. The summed E-state index contributed by atoms with van der Waals surface area (Å²) in [7, 11) is 0. The minimum absolute atomic E-state index is 0.347. The van der Waals surface area contributed by atoms with Gasteiger partial charge in [-0.25, -0.2) is 4.39 Å². The fraction of sp³-hybridized carbons (Fsp3) is 0.333. The third kappa shape index (κ3) is 5.84. The van der Waals surface area contributed by atoms with Gasteiger partial charge in [-0.2, -0.15) is 13.2 Å². The second-order valence-electron chi connectivity index (χ2n) is 8.60. The van der Waals surface area contributed by atoms with Crippen molar-refractivity contribution in [3.8, 4) is 0 Å². The van der Waals surface area contributed by atoms with Gasteiger partial charge in [-0.1, -0.05) is 54.1 Å². The van der Waals surface area contributed by atoms with Gasteiger partial charge in [0.25, 0.3) is 0 Å². The van der Waals surface area contributed by atoms with E-state index in [1.807, 2.05) is 30.3 Å². The maximum Gasteiger partial charge on any atom is 0.416 e. The summed E-state index contributed by atoms with van der Waals surface area (Å²) in [6.07, 6.45) is -5.83. The van der Waals surface area contributed by atoms with Crippen molar-refractivity contribution in [1.82, 2.24) is 4.90 Å². The third-order valence-corrected chi connectivity index (χ3v) is 5.99. The number of morpholine rings is 1.